The standard InChI is InChI=1S/C20H22N2O2/c1-13-5-4-6-16(11-13)21-18(23)20(9-10-20)19(24)22-17-8-7-14(2)15(3)12-17/h4-8,11-12H,9-10H2,1-3H3,(H,21,23)(H,22,24). The first-order valence-corrected chi connectivity index (χ1v) is 8.17. The van der Waals surface area contributed by atoms with E-state index in [4.69, 9.17) is 0 Å². The van der Waals surface area contributed by atoms with Crippen molar-refractivity contribution in [3.63, 3.8) is 0 Å². The second kappa shape index (κ2) is 6.11. The molecule has 0 saturated heterocycles. The van der Waals surface area contributed by atoms with E-state index in [1.54, 1.807) is 0 Å². The van der Waals surface area contributed by atoms with E-state index in [9.17, 15) is 9.59 Å². The summed E-state index contributed by atoms with van der Waals surface area (Å²) in [6, 6.07) is 13.4. The van der Waals surface area contributed by atoms with Gasteiger partial charge in [-0.3, -0.25) is 9.59 Å². The summed E-state index contributed by atoms with van der Waals surface area (Å²) in [5, 5.41) is 5.76. The zero-order valence-electron chi connectivity index (χ0n) is 14.3. The normalized spacial score (nSPS) is 14.8. The summed E-state index contributed by atoms with van der Waals surface area (Å²) >= 11 is 0. The molecule has 0 atom stereocenters. The molecule has 0 aromatic heterocycles. The lowest BCUT2D eigenvalue weighted by Crippen LogP contribution is -2.35. The molecular formula is C20H22N2O2. The zero-order chi connectivity index (χ0) is 17.3. The molecule has 24 heavy (non-hydrogen) atoms. The van der Waals surface area contributed by atoms with Gasteiger partial charge in [0.1, 0.15) is 5.41 Å². The topological polar surface area (TPSA) is 58.2 Å². The third kappa shape index (κ3) is 3.18. The van der Waals surface area contributed by atoms with Gasteiger partial charge in [0.15, 0.2) is 0 Å². The van der Waals surface area contributed by atoms with Gasteiger partial charge in [-0.1, -0.05) is 18.2 Å². The molecule has 4 nitrogen and oxygen atoms in total. The summed E-state index contributed by atoms with van der Waals surface area (Å²) < 4.78 is 0. The third-order valence-electron chi connectivity index (χ3n) is 4.66. The molecule has 0 heterocycles. The molecule has 0 bridgehead atoms. The van der Waals surface area contributed by atoms with Crippen molar-refractivity contribution in [1.82, 2.24) is 0 Å². The Morgan fingerprint density at radius 1 is 0.833 bits per heavy atom. The lowest BCUT2D eigenvalue weighted by Gasteiger charge is -2.16. The Labute approximate surface area is 142 Å². The Hall–Kier alpha value is -2.62. The Morgan fingerprint density at radius 2 is 1.46 bits per heavy atom. The van der Waals surface area contributed by atoms with Crippen LogP contribution in [0.3, 0.4) is 0 Å². The van der Waals surface area contributed by atoms with E-state index in [-0.39, 0.29) is 11.8 Å². The van der Waals surface area contributed by atoms with Crippen LogP contribution in [0.2, 0.25) is 0 Å². The van der Waals surface area contributed by atoms with Gasteiger partial charge in [-0.15, -0.1) is 0 Å². The van der Waals surface area contributed by atoms with E-state index in [0.29, 0.717) is 12.8 Å². The Kier molecular flexibility index (Phi) is 4.14. The van der Waals surface area contributed by atoms with Crippen molar-refractivity contribution >= 4 is 23.2 Å². The number of amides is 2. The summed E-state index contributed by atoms with van der Waals surface area (Å²) in [5.74, 6) is -0.453. The predicted octanol–water partition coefficient (Wildman–Crippen LogP) is 3.97. The molecule has 124 valence electrons. The highest BCUT2D eigenvalue weighted by molar-refractivity contribution is 6.16. The molecule has 2 amide bonds. The second-order valence-electron chi connectivity index (χ2n) is 6.66. The molecule has 2 aromatic carbocycles. The fourth-order valence-corrected chi connectivity index (χ4v) is 2.73. The summed E-state index contributed by atoms with van der Waals surface area (Å²) in [4.78, 5) is 25.2. The van der Waals surface area contributed by atoms with Gasteiger partial charge in [0.05, 0.1) is 0 Å². The van der Waals surface area contributed by atoms with Crippen LogP contribution < -0.4 is 10.6 Å². The van der Waals surface area contributed by atoms with Crippen molar-refractivity contribution in [2.24, 2.45) is 5.41 Å². The molecule has 2 aromatic rings. The maximum Gasteiger partial charge on any atom is 0.240 e. The number of rotatable bonds is 4. The molecule has 0 aliphatic heterocycles. The highest BCUT2D eigenvalue weighted by atomic mass is 16.2. The van der Waals surface area contributed by atoms with Crippen LogP contribution in [-0.2, 0) is 9.59 Å². The highest BCUT2D eigenvalue weighted by Crippen LogP contribution is 2.47. The Morgan fingerprint density at radius 3 is 2.00 bits per heavy atom. The van der Waals surface area contributed by atoms with Crippen LogP contribution in [0.15, 0.2) is 42.5 Å². The molecule has 4 heteroatoms. The van der Waals surface area contributed by atoms with Gasteiger partial charge >= 0.3 is 0 Å². The predicted molar refractivity (Wildman–Crippen MR) is 96.0 cm³/mol. The van der Waals surface area contributed by atoms with Gasteiger partial charge < -0.3 is 10.6 Å². The molecule has 3 rings (SSSR count). The smallest absolute Gasteiger partial charge is 0.240 e. The average molecular weight is 322 g/mol. The molecule has 1 aliphatic rings. The lowest BCUT2D eigenvalue weighted by atomic mass is 10.0. The van der Waals surface area contributed by atoms with E-state index >= 15 is 0 Å². The van der Waals surface area contributed by atoms with Crippen molar-refractivity contribution in [1.29, 1.82) is 0 Å². The molecule has 1 aliphatic carbocycles. The van der Waals surface area contributed by atoms with Crippen molar-refractivity contribution in [3.05, 3.63) is 59.2 Å². The van der Waals surface area contributed by atoms with Gasteiger partial charge in [-0.2, -0.15) is 0 Å². The Balaban J connectivity index is 1.71. The summed E-state index contributed by atoms with van der Waals surface area (Å²) in [6.07, 6.45) is 1.17. The van der Waals surface area contributed by atoms with Gasteiger partial charge in [0.25, 0.3) is 0 Å². The van der Waals surface area contributed by atoms with Gasteiger partial charge in [0.2, 0.25) is 11.8 Å². The number of carbonyl (C=O) groups excluding carboxylic acids is 2. The molecule has 2 N–H and O–H groups in total. The SMILES string of the molecule is Cc1cccc(NC(=O)C2(C(=O)Nc3ccc(C)c(C)c3)CC2)c1. The fourth-order valence-electron chi connectivity index (χ4n) is 2.73. The van der Waals surface area contributed by atoms with Gasteiger partial charge in [-0.05, 0) is 74.6 Å². The first-order chi connectivity index (χ1) is 11.4. The van der Waals surface area contributed by atoms with E-state index in [1.165, 1.54) is 5.56 Å². The zero-order valence-corrected chi connectivity index (χ0v) is 14.3. The van der Waals surface area contributed by atoms with Crippen LogP contribution in [0, 0.1) is 26.2 Å². The number of hydrogen-bond donors (Lipinski definition) is 2. The van der Waals surface area contributed by atoms with Crippen molar-refractivity contribution in [2.45, 2.75) is 33.6 Å². The number of carbonyl (C=O) groups is 2. The number of hydrogen-bond acceptors (Lipinski definition) is 2. The first-order valence-electron chi connectivity index (χ1n) is 8.17. The van der Waals surface area contributed by atoms with E-state index in [1.807, 2.05) is 63.2 Å². The minimum absolute atomic E-state index is 0.226. The van der Waals surface area contributed by atoms with Gasteiger partial charge in [0, 0.05) is 11.4 Å². The Bertz CT molecular complexity index is 807. The maximum absolute atomic E-state index is 12.6. The van der Waals surface area contributed by atoms with E-state index in [2.05, 4.69) is 10.6 Å². The van der Waals surface area contributed by atoms with Crippen molar-refractivity contribution < 1.29 is 9.59 Å². The minimum Gasteiger partial charge on any atom is -0.325 e. The summed E-state index contributed by atoms with van der Waals surface area (Å²) in [7, 11) is 0. The molecule has 0 unspecified atom stereocenters. The number of benzene rings is 2. The third-order valence-corrected chi connectivity index (χ3v) is 4.66. The molecular weight excluding hydrogens is 300 g/mol. The second-order valence-corrected chi connectivity index (χ2v) is 6.66. The van der Waals surface area contributed by atoms with Crippen LogP contribution in [0.25, 0.3) is 0 Å². The monoisotopic (exact) mass is 322 g/mol. The summed E-state index contributed by atoms with van der Waals surface area (Å²) in [6.45, 7) is 6.00. The quantitative estimate of drug-likeness (QED) is 0.837. The molecule has 0 radical (unpaired) electrons. The number of aryl methyl sites for hydroxylation is 3. The lowest BCUT2D eigenvalue weighted by molar-refractivity contribution is -0.131. The highest BCUT2D eigenvalue weighted by Gasteiger charge is 2.56. The number of anilines is 2. The molecule has 1 fully saturated rings. The summed E-state index contributed by atoms with van der Waals surface area (Å²) in [5.41, 5.74) is 3.87. The fraction of sp³-hybridized carbons (Fsp3) is 0.300. The molecule has 0 spiro atoms. The maximum atomic E-state index is 12.6. The van der Waals surface area contributed by atoms with Crippen LogP contribution >= 0.6 is 0 Å². The van der Waals surface area contributed by atoms with Gasteiger partial charge in [-0.25, -0.2) is 0 Å². The van der Waals surface area contributed by atoms with Crippen LogP contribution in [-0.4, -0.2) is 11.8 Å². The average Bonchev–Trinajstić information content (AvgIpc) is 3.33. The molecule has 1 saturated carbocycles. The van der Waals surface area contributed by atoms with E-state index < -0.39 is 5.41 Å². The van der Waals surface area contributed by atoms with Crippen LogP contribution in [0.4, 0.5) is 11.4 Å². The van der Waals surface area contributed by atoms with Crippen molar-refractivity contribution in [3.8, 4) is 0 Å². The van der Waals surface area contributed by atoms with Crippen molar-refractivity contribution in [2.75, 3.05) is 10.6 Å². The van der Waals surface area contributed by atoms with E-state index in [0.717, 1.165) is 22.5 Å². The largest absolute Gasteiger partial charge is 0.325 e. The van der Waals surface area contributed by atoms with Crippen LogP contribution in [0.5, 0.6) is 0 Å². The number of nitrogens with one attached hydrogen (secondary N) is 2. The van der Waals surface area contributed by atoms with Crippen LogP contribution in [0.1, 0.15) is 29.5 Å². The first kappa shape index (κ1) is 16.2. The minimum atomic E-state index is -0.942.